The largest absolute Gasteiger partial charge is 0.573 e. The number of alkyl halides is 3. The van der Waals surface area contributed by atoms with E-state index in [4.69, 9.17) is 0 Å². The Labute approximate surface area is 145 Å². The normalized spacial score (nSPS) is 26.0. The van der Waals surface area contributed by atoms with Gasteiger partial charge in [-0.25, -0.2) is 0 Å². The molecule has 0 radical (unpaired) electrons. The van der Waals surface area contributed by atoms with Crippen LogP contribution in [0.2, 0.25) is 0 Å². The maximum atomic E-state index is 12.6. The van der Waals surface area contributed by atoms with E-state index in [9.17, 15) is 18.0 Å². The molecule has 0 unspecified atom stereocenters. The number of piperidine rings is 3. The Morgan fingerprint density at radius 1 is 1.32 bits per heavy atom. The third-order valence-corrected chi connectivity index (χ3v) is 5.74. The van der Waals surface area contributed by atoms with Gasteiger partial charge in [0.15, 0.2) is 0 Å². The van der Waals surface area contributed by atoms with Crippen molar-refractivity contribution in [3.8, 4) is 5.75 Å². The van der Waals surface area contributed by atoms with Crippen molar-refractivity contribution < 1.29 is 22.7 Å². The number of carbonyl (C=O) groups excluding carboxylic acids is 1. The summed E-state index contributed by atoms with van der Waals surface area (Å²) in [7, 11) is 0. The molecule has 5 nitrogen and oxygen atoms in total. The Hall–Kier alpha value is -1.87. The number of halogens is 3. The number of rotatable bonds is 3. The van der Waals surface area contributed by atoms with Crippen molar-refractivity contribution in [1.29, 1.82) is 0 Å². The Balaban J connectivity index is 1.52. The Morgan fingerprint density at radius 3 is 2.72 bits per heavy atom. The van der Waals surface area contributed by atoms with Crippen molar-refractivity contribution in [1.82, 2.24) is 14.6 Å². The zero-order chi connectivity index (χ0) is 17.6. The van der Waals surface area contributed by atoms with Crippen LogP contribution in [0, 0.1) is 5.92 Å². The molecule has 1 aromatic heterocycles. The summed E-state index contributed by atoms with van der Waals surface area (Å²) in [6.45, 7) is 3.03. The third-order valence-electron chi connectivity index (χ3n) is 4.86. The van der Waals surface area contributed by atoms with Crippen LogP contribution in [-0.4, -0.2) is 47.2 Å². The summed E-state index contributed by atoms with van der Waals surface area (Å²) < 4.78 is 44.9. The SMILES string of the molecule is O=C(N[C@H]1CN2CCC1CC2)c1snc2cc(OC(F)(F)F)ccc12. The fraction of sp³-hybridized carbons (Fsp3) is 0.500. The van der Waals surface area contributed by atoms with E-state index in [1.54, 1.807) is 0 Å². The smallest absolute Gasteiger partial charge is 0.406 e. The number of aromatic nitrogens is 1. The number of hydrogen-bond acceptors (Lipinski definition) is 5. The van der Waals surface area contributed by atoms with Gasteiger partial charge in [0.05, 0.1) is 5.52 Å². The summed E-state index contributed by atoms with van der Waals surface area (Å²) in [5.41, 5.74) is 0.325. The molecule has 3 aliphatic rings. The van der Waals surface area contributed by atoms with E-state index in [2.05, 4.69) is 19.3 Å². The summed E-state index contributed by atoms with van der Waals surface area (Å²) in [4.78, 5) is 15.4. The van der Waals surface area contributed by atoms with E-state index in [-0.39, 0.29) is 17.7 Å². The molecule has 4 heterocycles. The lowest BCUT2D eigenvalue weighted by Gasteiger charge is -2.44. The van der Waals surface area contributed by atoms with Crippen LogP contribution in [0.4, 0.5) is 13.2 Å². The highest BCUT2D eigenvalue weighted by Crippen LogP contribution is 2.31. The van der Waals surface area contributed by atoms with Gasteiger partial charge in [-0.05, 0) is 55.5 Å². The molecule has 3 aliphatic heterocycles. The third kappa shape index (κ3) is 3.43. The predicted octanol–water partition coefficient (Wildman–Crippen LogP) is 3.02. The van der Waals surface area contributed by atoms with E-state index in [1.807, 2.05) is 0 Å². The maximum Gasteiger partial charge on any atom is 0.573 e. The summed E-state index contributed by atoms with van der Waals surface area (Å²) in [5, 5.41) is 3.62. The summed E-state index contributed by atoms with van der Waals surface area (Å²) in [6.07, 6.45) is -2.57. The molecule has 0 spiro atoms. The maximum absolute atomic E-state index is 12.6. The fourth-order valence-electron chi connectivity index (χ4n) is 3.65. The first-order chi connectivity index (χ1) is 11.9. The lowest BCUT2D eigenvalue weighted by atomic mass is 9.84. The average molecular weight is 371 g/mol. The minimum Gasteiger partial charge on any atom is -0.406 e. The van der Waals surface area contributed by atoms with Crippen LogP contribution in [0.5, 0.6) is 5.75 Å². The minimum absolute atomic E-state index is 0.125. The van der Waals surface area contributed by atoms with E-state index in [1.165, 1.54) is 18.2 Å². The molecule has 134 valence electrons. The highest BCUT2D eigenvalue weighted by Gasteiger charge is 2.35. The van der Waals surface area contributed by atoms with Gasteiger partial charge in [-0.2, -0.15) is 4.37 Å². The number of nitrogens with zero attached hydrogens (tertiary/aromatic N) is 2. The second-order valence-corrected chi connectivity index (χ2v) is 7.23. The molecule has 0 aliphatic carbocycles. The number of nitrogens with one attached hydrogen (secondary N) is 1. The highest BCUT2D eigenvalue weighted by molar-refractivity contribution is 7.09. The zero-order valence-corrected chi connectivity index (χ0v) is 14.0. The van der Waals surface area contributed by atoms with Gasteiger partial charge in [0, 0.05) is 24.0 Å². The fourth-order valence-corrected chi connectivity index (χ4v) is 4.40. The van der Waals surface area contributed by atoms with Crippen molar-refractivity contribution in [2.75, 3.05) is 19.6 Å². The molecule has 9 heteroatoms. The Bertz CT molecular complexity index is 800. The number of ether oxygens (including phenoxy) is 1. The molecule has 2 aromatic rings. The zero-order valence-electron chi connectivity index (χ0n) is 13.2. The molecular weight excluding hydrogens is 355 g/mol. The van der Waals surface area contributed by atoms with Gasteiger partial charge in [0.25, 0.3) is 5.91 Å². The van der Waals surface area contributed by atoms with Gasteiger partial charge in [0.1, 0.15) is 10.6 Å². The quantitative estimate of drug-likeness (QED) is 0.901. The van der Waals surface area contributed by atoms with Crippen molar-refractivity contribution >= 4 is 28.3 Å². The number of fused-ring (bicyclic) bond motifs is 4. The van der Waals surface area contributed by atoms with Crippen LogP contribution in [0.15, 0.2) is 18.2 Å². The molecule has 1 N–H and O–H groups in total. The van der Waals surface area contributed by atoms with E-state index >= 15 is 0 Å². The summed E-state index contributed by atoms with van der Waals surface area (Å²) in [6, 6.07) is 3.98. The minimum atomic E-state index is -4.75. The number of amides is 1. The van der Waals surface area contributed by atoms with Crippen molar-refractivity contribution in [2.45, 2.75) is 25.2 Å². The van der Waals surface area contributed by atoms with Gasteiger partial charge in [0.2, 0.25) is 0 Å². The molecule has 1 amide bonds. The highest BCUT2D eigenvalue weighted by atomic mass is 32.1. The topological polar surface area (TPSA) is 54.5 Å². The molecule has 5 rings (SSSR count). The molecule has 0 saturated carbocycles. The first kappa shape index (κ1) is 16.6. The predicted molar refractivity (Wildman–Crippen MR) is 86.7 cm³/mol. The van der Waals surface area contributed by atoms with E-state index < -0.39 is 6.36 Å². The molecule has 2 bridgehead atoms. The number of hydrogen-bond donors (Lipinski definition) is 1. The molecular formula is C16H16F3N3O2S. The van der Waals surface area contributed by atoms with Gasteiger partial charge >= 0.3 is 6.36 Å². The average Bonchev–Trinajstić information content (AvgIpc) is 2.97. The molecule has 3 saturated heterocycles. The van der Waals surface area contributed by atoms with Crippen molar-refractivity contribution in [3.05, 3.63) is 23.1 Å². The van der Waals surface area contributed by atoms with Gasteiger partial charge in [-0.15, -0.1) is 13.2 Å². The van der Waals surface area contributed by atoms with Crippen LogP contribution >= 0.6 is 11.5 Å². The van der Waals surface area contributed by atoms with Crippen LogP contribution in [0.25, 0.3) is 10.9 Å². The number of benzene rings is 1. The summed E-state index contributed by atoms with van der Waals surface area (Å²) in [5.74, 6) is -0.0506. The van der Waals surface area contributed by atoms with Crippen LogP contribution in [0.1, 0.15) is 22.5 Å². The van der Waals surface area contributed by atoms with Crippen LogP contribution in [0.3, 0.4) is 0 Å². The molecule has 25 heavy (non-hydrogen) atoms. The van der Waals surface area contributed by atoms with Gasteiger partial charge in [-0.1, -0.05) is 0 Å². The lowest BCUT2D eigenvalue weighted by molar-refractivity contribution is -0.274. The first-order valence-electron chi connectivity index (χ1n) is 8.07. The monoisotopic (exact) mass is 371 g/mol. The number of carbonyl (C=O) groups is 1. The van der Waals surface area contributed by atoms with Crippen molar-refractivity contribution in [3.63, 3.8) is 0 Å². The summed E-state index contributed by atoms with van der Waals surface area (Å²) >= 11 is 0.994. The van der Waals surface area contributed by atoms with Crippen LogP contribution in [-0.2, 0) is 0 Å². The molecule has 3 fully saturated rings. The van der Waals surface area contributed by atoms with E-state index in [0.717, 1.165) is 44.0 Å². The van der Waals surface area contributed by atoms with Gasteiger partial charge in [-0.3, -0.25) is 4.79 Å². The Morgan fingerprint density at radius 2 is 2.08 bits per heavy atom. The lowest BCUT2D eigenvalue weighted by Crippen LogP contribution is -2.57. The van der Waals surface area contributed by atoms with Crippen LogP contribution < -0.4 is 10.1 Å². The Kier molecular flexibility index (Phi) is 4.07. The molecule has 1 aromatic carbocycles. The van der Waals surface area contributed by atoms with Crippen molar-refractivity contribution in [2.24, 2.45) is 5.92 Å². The second kappa shape index (κ2) is 6.14. The standard InChI is InChI=1S/C16H16F3N3O2S/c17-16(18,19)24-10-1-2-11-12(7-10)21-25-14(11)15(23)20-13-8-22-5-3-9(13)4-6-22/h1-2,7,9,13H,3-6,8H2,(H,20,23)/t13-/m0/s1. The van der Waals surface area contributed by atoms with E-state index in [0.29, 0.717) is 21.7 Å². The second-order valence-electron chi connectivity index (χ2n) is 6.46. The first-order valence-corrected chi connectivity index (χ1v) is 8.85. The molecule has 1 atom stereocenters. The van der Waals surface area contributed by atoms with Gasteiger partial charge < -0.3 is 15.0 Å².